The molecular formula is C23H27N3O2S. The lowest BCUT2D eigenvalue weighted by Gasteiger charge is -2.10. The van der Waals surface area contributed by atoms with Gasteiger partial charge < -0.3 is 15.1 Å². The summed E-state index contributed by atoms with van der Waals surface area (Å²) in [5.41, 5.74) is 4.88. The fourth-order valence-electron chi connectivity index (χ4n) is 2.97. The third kappa shape index (κ3) is 5.64. The Hall–Kier alpha value is -2.73. The number of carbonyl (C=O) groups excluding carboxylic acids is 1. The van der Waals surface area contributed by atoms with Crippen molar-refractivity contribution in [1.29, 1.82) is 0 Å². The Kier molecular flexibility index (Phi) is 6.64. The predicted molar refractivity (Wildman–Crippen MR) is 121 cm³/mol. The summed E-state index contributed by atoms with van der Waals surface area (Å²) < 4.78 is 5.91. The van der Waals surface area contributed by atoms with Crippen LogP contribution in [0.3, 0.4) is 0 Å². The second-order valence-corrected chi connectivity index (χ2v) is 8.33. The average molecular weight is 410 g/mol. The first kappa shape index (κ1) is 21.0. The van der Waals surface area contributed by atoms with E-state index in [-0.39, 0.29) is 5.91 Å². The molecule has 1 aromatic heterocycles. The Labute approximate surface area is 176 Å². The van der Waals surface area contributed by atoms with Gasteiger partial charge in [0.25, 0.3) is 0 Å². The SMILES string of the molecule is CC(C)CC(=O)NC(=S)NCc1ccc(-c2nc3cc(C(C)C)ccc3o2)cc1. The summed E-state index contributed by atoms with van der Waals surface area (Å²) >= 11 is 5.18. The monoisotopic (exact) mass is 409 g/mol. The van der Waals surface area contributed by atoms with Crippen molar-refractivity contribution in [2.24, 2.45) is 5.92 Å². The zero-order chi connectivity index (χ0) is 21.0. The lowest BCUT2D eigenvalue weighted by Crippen LogP contribution is -2.39. The Bertz CT molecular complexity index is 1010. The number of fused-ring (bicyclic) bond motifs is 1. The van der Waals surface area contributed by atoms with Crippen molar-refractivity contribution >= 4 is 34.3 Å². The molecule has 6 heteroatoms. The molecule has 1 amide bonds. The highest BCUT2D eigenvalue weighted by molar-refractivity contribution is 7.80. The van der Waals surface area contributed by atoms with Crippen molar-refractivity contribution in [3.8, 4) is 11.5 Å². The molecule has 0 saturated carbocycles. The van der Waals surface area contributed by atoms with E-state index in [2.05, 4.69) is 41.6 Å². The molecule has 0 atom stereocenters. The highest BCUT2D eigenvalue weighted by Gasteiger charge is 2.11. The number of benzene rings is 2. The molecule has 0 fully saturated rings. The predicted octanol–water partition coefficient (Wildman–Crippen LogP) is 5.16. The second kappa shape index (κ2) is 9.18. The highest BCUT2D eigenvalue weighted by Crippen LogP contribution is 2.27. The van der Waals surface area contributed by atoms with Crippen LogP contribution in [0.5, 0.6) is 0 Å². The van der Waals surface area contributed by atoms with Crippen LogP contribution in [0, 0.1) is 5.92 Å². The maximum atomic E-state index is 11.8. The summed E-state index contributed by atoms with van der Waals surface area (Å²) in [6, 6.07) is 14.1. The fraction of sp³-hybridized carbons (Fsp3) is 0.348. The maximum absolute atomic E-state index is 11.8. The molecule has 3 aromatic rings. The number of nitrogens with zero attached hydrogens (tertiary/aromatic N) is 1. The quantitative estimate of drug-likeness (QED) is 0.551. The van der Waals surface area contributed by atoms with E-state index < -0.39 is 0 Å². The molecule has 0 aliphatic heterocycles. The molecular weight excluding hydrogens is 382 g/mol. The maximum Gasteiger partial charge on any atom is 0.227 e. The van der Waals surface area contributed by atoms with Gasteiger partial charge in [0, 0.05) is 18.5 Å². The van der Waals surface area contributed by atoms with Crippen LogP contribution in [-0.2, 0) is 11.3 Å². The molecule has 0 radical (unpaired) electrons. The van der Waals surface area contributed by atoms with Crippen molar-refractivity contribution in [1.82, 2.24) is 15.6 Å². The van der Waals surface area contributed by atoms with Gasteiger partial charge in [0.2, 0.25) is 11.8 Å². The van der Waals surface area contributed by atoms with Gasteiger partial charge in [-0.2, -0.15) is 0 Å². The summed E-state index contributed by atoms with van der Waals surface area (Å²) in [5.74, 6) is 1.29. The van der Waals surface area contributed by atoms with Crippen LogP contribution in [0.15, 0.2) is 46.9 Å². The molecule has 3 rings (SSSR count). The smallest absolute Gasteiger partial charge is 0.227 e. The first-order valence-electron chi connectivity index (χ1n) is 9.89. The first-order chi connectivity index (χ1) is 13.8. The Balaban J connectivity index is 1.62. The van der Waals surface area contributed by atoms with Crippen LogP contribution in [0.2, 0.25) is 0 Å². The number of carbonyl (C=O) groups is 1. The highest BCUT2D eigenvalue weighted by atomic mass is 32.1. The summed E-state index contributed by atoms with van der Waals surface area (Å²) in [5, 5.41) is 6.11. The topological polar surface area (TPSA) is 67.2 Å². The zero-order valence-corrected chi connectivity index (χ0v) is 18.1. The number of nitrogens with one attached hydrogen (secondary N) is 2. The van der Waals surface area contributed by atoms with Gasteiger partial charge in [0.15, 0.2) is 10.7 Å². The molecule has 152 valence electrons. The molecule has 0 bridgehead atoms. The van der Waals surface area contributed by atoms with Crippen LogP contribution in [0.25, 0.3) is 22.6 Å². The van der Waals surface area contributed by atoms with Gasteiger partial charge in [0.05, 0.1) is 0 Å². The first-order valence-corrected chi connectivity index (χ1v) is 10.3. The standard InChI is InChI=1S/C23H27N3O2S/c1-14(2)11-21(27)26-23(29)24-13-16-5-7-17(8-6-16)22-25-19-12-18(15(3)4)9-10-20(19)28-22/h5-10,12,14-15H,11,13H2,1-4H3,(H2,24,26,27,29). The number of amides is 1. The van der Waals surface area contributed by atoms with Crippen LogP contribution >= 0.6 is 12.2 Å². The van der Waals surface area contributed by atoms with Gasteiger partial charge in [-0.3, -0.25) is 4.79 Å². The van der Waals surface area contributed by atoms with E-state index >= 15 is 0 Å². The average Bonchev–Trinajstić information content (AvgIpc) is 3.09. The molecule has 0 aliphatic carbocycles. The van der Waals surface area contributed by atoms with E-state index in [4.69, 9.17) is 16.6 Å². The number of aromatic nitrogens is 1. The normalized spacial score (nSPS) is 11.2. The van der Waals surface area contributed by atoms with Crippen molar-refractivity contribution in [2.75, 3.05) is 0 Å². The van der Waals surface area contributed by atoms with E-state index in [1.54, 1.807) is 0 Å². The summed E-state index contributed by atoms with van der Waals surface area (Å²) in [4.78, 5) is 16.4. The number of hydrogen-bond donors (Lipinski definition) is 2. The van der Waals surface area contributed by atoms with Gasteiger partial charge in [-0.25, -0.2) is 4.98 Å². The van der Waals surface area contributed by atoms with E-state index in [0.717, 1.165) is 22.2 Å². The molecule has 29 heavy (non-hydrogen) atoms. The van der Waals surface area contributed by atoms with Crippen molar-refractivity contribution in [2.45, 2.75) is 46.6 Å². The number of oxazole rings is 1. The third-order valence-corrected chi connectivity index (χ3v) is 4.83. The molecule has 0 aliphatic rings. The minimum absolute atomic E-state index is 0.0653. The molecule has 0 saturated heterocycles. The molecule has 0 unspecified atom stereocenters. The van der Waals surface area contributed by atoms with E-state index in [1.807, 2.05) is 44.2 Å². The van der Waals surface area contributed by atoms with Crippen molar-refractivity contribution in [3.63, 3.8) is 0 Å². The molecule has 1 heterocycles. The number of thiocarbonyl (C=S) groups is 1. The lowest BCUT2D eigenvalue weighted by molar-refractivity contribution is -0.120. The summed E-state index contributed by atoms with van der Waals surface area (Å²) in [7, 11) is 0. The van der Waals surface area contributed by atoms with Gasteiger partial charge in [-0.1, -0.05) is 45.9 Å². The van der Waals surface area contributed by atoms with Crippen LogP contribution < -0.4 is 10.6 Å². The van der Waals surface area contributed by atoms with Gasteiger partial charge in [0.1, 0.15) is 5.52 Å². The number of hydrogen-bond acceptors (Lipinski definition) is 4. The Morgan fingerprint density at radius 3 is 2.48 bits per heavy atom. The van der Waals surface area contributed by atoms with E-state index in [9.17, 15) is 4.79 Å². The molecule has 2 aromatic carbocycles. The van der Waals surface area contributed by atoms with E-state index in [1.165, 1.54) is 5.56 Å². The molecule has 5 nitrogen and oxygen atoms in total. The molecule has 0 spiro atoms. The van der Waals surface area contributed by atoms with Crippen molar-refractivity contribution in [3.05, 3.63) is 53.6 Å². The Morgan fingerprint density at radius 2 is 1.83 bits per heavy atom. The van der Waals surface area contributed by atoms with Crippen LogP contribution in [0.1, 0.15) is 51.2 Å². The van der Waals surface area contributed by atoms with Gasteiger partial charge >= 0.3 is 0 Å². The zero-order valence-electron chi connectivity index (χ0n) is 17.3. The minimum Gasteiger partial charge on any atom is -0.436 e. The summed E-state index contributed by atoms with van der Waals surface area (Å²) in [6.07, 6.45) is 0.458. The van der Waals surface area contributed by atoms with Gasteiger partial charge in [-0.15, -0.1) is 0 Å². The lowest BCUT2D eigenvalue weighted by atomic mass is 10.0. The fourth-order valence-corrected chi connectivity index (χ4v) is 3.15. The third-order valence-electron chi connectivity index (χ3n) is 4.58. The molecule has 2 N–H and O–H groups in total. The number of rotatable bonds is 6. The van der Waals surface area contributed by atoms with Gasteiger partial charge in [-0.05, 0) is 59.4 Å². The van der Waals surface area contributed by atoms with Crippen LogP contribution in [0.4, 0.5) is 0 Å². The minimum atomic E-state index is -0.0653. The van der Waals surface area contributed by atoms with Crippen molar-refractivity contribution < 1.29 is 9.21 Å². The Morgan fingerprint density at radius 1 is 1.10 bits per heavy atom. The largest absolute Gasteiger partial charge is 0.436 e. The second-order valence-electron chi connectivity index (χ2n) is 7.93. The van der Waals surface area contributed by atoms with Crippen LogP contribution in [-0.4, -0.2) is 16.0 Å². The van der Waals surface area contributed by atoms with E-state index in [0.29, 0.717) is 35.8 Å². The summed E-state index contributed by atoms with van der Waals surface area (Å²) in [6.45, 7) is 8.86.